The van der Waals surface area contributed by atoms with Gasteiger partial charge < -0.3 is 11.1 Å². The maximum Gasteiger partial charge on any atom is 0.416 e. The Labute approximate surface area is 157 Å². The van der Waals surface area contributed by atoms with Crippen molar-refractivity contribution in [1.82, 2.24) is 10.0 Å². The average molecular weight is 418 g/mol. The van der Waals surface area contributed by atoms with Gasteiger partial charge in [0.2, 0.25) is 15.9 Å². The van der Waals surface area contributed by atoms with Gasteiger partial charge in [0.05, 0.1) is 17.0 Å². The Morgan fingerprint density at radius 1 is 1.27 bits per heavy atom. The topological polar surface area (TPSA) is 101 Å². The van der Waals surface area contributed by atoms with Crippen molar-refractivity contribution in [3.63, 3.8) is 0 Å². The first-order valence-corrected chi connectivity index (χ1v) is 9.10. The zero-order valence-corrected chi connectivity index (χ0v) is 16.0. The summed E-state index contributed by atoms with van der Waals surface area (Å²) in [5, 5.41) is 2.59. The molecule has 26 heavy (non-hydrogen) atoms. The fraction of sp³-hybridized carbons (Fsp3) is 0.533. The highest BCUT2D eigenvalue weighted by molar-refractivity contribution is 7.89. The Balaban J connectivity index is 0.00000625. The van der Waals surface area contributed by atoms with E-state index < -0.39 is 39.1 Å². The molecule has 0 spiro atoms. The molecule has 1 rings (SSSR count). The highest BCUT2D eigenvalue weighted by Crippen LogP contribution is 2.30. The minimum atomic E-state index is -4.66. The fourth-order valence-corrected chi connectivity index (χ4v) is 3.17. The van der Waals surface area contributed by atoms with Crippen LogP contribution in [0.4, 0.5) is 13.2 Å². The zero-order chi connectivity index (χ0) is 19.3. The summed E-state index contributed by atoms with van der Waals surface area (Å²) in [5.74, 6) is -0.317. The van der Waals surface area contributed by atoms with E-state index in [9.17, 15) is 26.4 Å². The highest BCUT2D eigenvalue weighted by atomic mass is 35.5. The lowest BCUT2D eigenvalue weighted by Gasteiger charge is -2.19. The molecule has 0 saturated carbocycles. The number of nitrogens with one attached hydrogen (secondary N) is 2. The number of sulfonamides is 1. The van der Waals surface area contributed by atoms with Crippen LogP contribution in [-0.4, -0.2) is 33.5 Å². The number of nitrogens with two attached hydrogens (primary N) is 1. The first kappa shape index (κ1) is 24.6. The van der Waals surface area contributed by atoms with Crippen LogP contribution in [-0.2, 0) is 21.0 Å². The van der Waals surface area contributed by atoms with Crippen molar-refractivity contribution >= 4 is 28.3 Å². The van der Waals surface area contributed by atoms with Gasteiger partial charge in [0.15, 0.2) is 0 Å². The van der Waals surface area contributed by atoms with Gasteiger partial charge in [0.25, 0.3) is 0 Å². The molecule has 0 bridgehead atoms. The van der Waals surface area contributed by atoms with Gasteiger partial charge >= 0.3 is 6.18 Å². The van der Waals surface area contributed by atoms with Gasteiger partial charge in [-0.05, 0) is 30.5 Å². The molecular formula is C15H23ClF3N3O3S. The van der Waals surface area contributed by atoms with Gasteiger partial charge in [-0.15, -0.1) is 12.4 Å². The highest BCUT2D eigenvalue weighted by Gasteiger charge is 2.31. The van der Waals surface area contributed by atoms with Gasteiger partial charge in [-0.2, -0.15) is 13.2 Å². The van der Waals surface area contributed by atoms with Crippen LogP contribution in [0.25, 0.3) is 0 Å². The second-order valence-electron chi connectivity index (χ2n) is 5.98. The van der Waals surface area contributed by atoms with Crippen molar-refractivity contribution in [2.45, 2.75) is 37.4 Å². The summed E-state index contributed by atoms with van der Waals surface area (Å²) in [7, 11) is -4.25. The second kappa shape index (κ2) is 10.1. The molecule has 11 heteroatoms. The SMILES string of the molecule is CC(C)CC(CN)NC(=O)CNS(=O)(=O)c1cccc(C(F)(F)F)c1.Cl. The van der Waals surface area contributed by atoms with E-state index in [1.807, 2.05) is 18.6 Å². The van der Waals surface area contributed by atoms with E-state index in [4.69, 9.17) is 5.73 Å². The van der Waals surface area contributed by atoms with Crippen molar-refractivity contribution in [2.24, 2.45) is 11.7 Å². The lowest BCUT2D eigenvalue weighted by Crippen LogP contribution is -2.45. The molecule has 150 valence electrons. The number of rotatable bonds is 8. The van der Waals surface area contributed by atoms with Gasteiger partial charge in [0, 0.05) is 12.6 Å². The molecule has 1 aromatic rings. The molecule has 0 aromatic heterocycles. The van der Waals surface area contributed by atoms with Crippen LogP contribution >= 0.6 is 12.4 Å². The third kappa shape index (κ3) is 7.90. The summed E-state index contributed by atoms with van der Waals surface area (Å²) < 4.78 is 64.1. The molecule has 0 aliphatic rings. The first-order chi connectivity index (χ1) is 11.5. The Morgan fingerprint density at radius 2 is 1.88 bits per heavy atom. The van der Waals surface area contributed by atoms with Crippen molar-refractivity contribution in [3.8, 4) is 0 Å². The van der Waals surface area contributed by atoms with Gasteiger partial charge in [-0.25, -0.2) is 13.1 Å². The number of hydrogen-bond donors (Lipinski definition) is 3. The third-order valence-corrected chi connectivity index (χ3v) is 4.70. The number of halogens is 4. The van der Waals surface area contributed by atoms with Crippen LogP contribution in [0.5, 0.6) is 0 Å². The van der Waals surface area contributed by atoms with Gasteiger partial charge in [0.1, 0.15) is 0 Å². The molecule has 0 heterocycles. The number of carbonyl (C=O) groups excluding carboxylic acids is 1. The van der Waals surface area contributed by atoms with Crippen LogP contribution in [0.3, 0.4) is 0 Å². The molecular weight excluding hydrogens is 395 g/mol. The number of hydrogen-bond acceptors (Lipinski definition) is 4. The monoisotopic (exact) mass is 417 g/mol. The molecule has 1 aromatic carbocycles. The normalized spacial score (nSPS) is 13.2. The number of benzene rings is 1. The second-order valence-corrected chi connectivity index (χ2v) is 7.75. The molecule has 4 N–H and O–H groups in total. The maximum atomic E-state index is 12.7. The van der Waals surface area contributed by atoms with Crippen LogP contribution in [0, 0.1) is 5.92 Å². The molecule has 0 aliphatic carbocycles. The Morgan fingerprint density at radius 3 is 2.38 bits per heavy atom. The van der Waals surface area contributed by atoms with E-state index in [-0.39, 0.29) is 30.9 Å². The molecule has 0 aliphatic heterocycles. The third-order valence-electron chi connectivity index (χ3n) is 3.30. The number of amides is 1. The number of carbonyl (C=O) groups is 1. The molecule has 1 atom stereocenters. The van der Waals surface area contributed by atoms with Crippen LogP contribution in [0.15, 0.2) is 29.2 Å². The Kier molecular flexibility index (Phi) is 9.57. The van der Waals surface area contributed by atoms with Gasteiger partial charge in [-0.3, -0.25) is 4.79 Å². The molecule has 1 amide bonds. The lowest BCUT2D eigenvalue weighted by molar-refractivity contribution is -0.137. The summed E-state index contributed by atoms with van der Waals surface area (Å²) in [6, 6.07) is 3.00. The maximum absolute atomic E-state index is 12.7. The molecule has 0 saturated heterocycles. The fourth-order valence-electron chi connectivity index (χ4n) is 2.15. The molecule has 0 fully saturated rings. The lowest BCUT2D eigenvalue weighted by atomic mass is 10.0. The minimum absolute atomic E-state index is 0. The number of alkyl halides is 3. The average Bonchev–Trinajstić information content (AvgIpc) is 2.51. The largest absolute Gasteiger partial charge is 0.416 e. The Hall–Kier alpha value is -1.36. The predicted molar refractivity (Wildman–Crippen MR) is 94.3 cm³/mol. The molecule has 6 nitrogen and oxygen atoms in total. The summed E-state index contributed by atoms with van der Waals surface area (Å²) in [6.07, 6.45) is -4.03. The van der Waals surface area contributed by atoms with E-state index >= 15 is 0 Å². The first-order valence-electron chi connectivity index (χ1n) is 7.62. The van der Waals surface area contributed by atoms with E-state index in [1.165, 1.54) is 0 Å². The quantitative estimate of drug-likeness (QED) is 0.601. The van der Waals surface area contributed by atoms with Crippen molar-refractivity contribution < 1.29 is 26.4 Å². The Bertz CT molecular complexity index is 697. The van der Waals surface area contributed by atoms with Crippen molar-refractivity contribution in [1.29, 1.82) is 0 Å². The van der Waals surface area contributed by atoms with Crippen molar-refractivity contribution in [3.05, 3.63) is 29.8 Å². The summed E-state index contributed by atoms with van der Waals surface area (Å²) in [5.41, 5.74) is 4.46. The van der Waals surface area contributed by atoms with Crippen LogP contribution in [0.2, 0.25) is 0 Å². The minimum Gasteiger partial charge on any atom is -0.351 e. The molecule has 1 unspecified atom stereocenters. The smallest absolute Gasteiger partial charge is 0.351 e. The predicted octanol–water partition coefficient (Wildman–Crippen LogP) is 1.90. The summed E-state index contributed by atoms with van der Waals surface area (Å²) >= 11 is 0. The summed E-state index contributed by atoms with van der Waals surface area (Å²) in [6.45, 7) is 3.51. The standard InChI is InChI=1S/C15H22F3N3O3S.ClH/c1-10(2)6-12(8-19)21-14(22)9-20-25(23,24)13-5-3-4-11(7-13)15(16,17)18;/h3-5,7,10,12,20H,6,8-9,19H2,1-2H3,(H,21,22);1H. The molecule has 0 radical (unpaired) electrons. The zero-order valence-electron chi connectivity index (χ0n) is 14.3. The van der Waals surface area contributed by atoms with Crippen LogP contribution in [0.1, 0.15) is 25.8 Å². The van der Waals surface area contributed by atoms with Crippen molar-refractivity contribution in [2.75, 3.05) is 13.1 Å². The summed E-state index contributed by atoms with van der Waals surface area (Å²) in [4.78, 5) is 11.3. The van der Waals surface area contributed by atoms with E-state index in [0.717, 1.165) is 18.2 Å². The van der Waals surface area contributed by atoms with E-state index in [2.05, 4.69) is 5.32 Å². The van der Waals surface area contributed by atoms with Crippen LogP contribution < -0.4 is 15.8 Å². The van der Waals surface area contributed by atoms with E-state index in [0.29, 0.717) is 12.5 Å². The van der Waals surface area contributed by atoms with E-state index in [1.54, 1.807) is 0 Å². The van der Waals surface area contributed by atoms with Gasteiger partial charge in [-0.1, -0.05) is 19.9 Å².